The van der Waals surface area contributed by atoms with Gasteiger partial charge in [-0.1, -0.05) is 24.3 Å². The number of alkyl halides is 6. The molecule has 2 aromatic heterocycles. The number of nitriles is 2. The van der Waals surface area contributed by atoms with Gasteiger partial charge in [0.05, 0.1) is 100 Å². The first-order valence-corrected chi connectivity index (χ1v) is 23.5. The minimum atomic E-state index is -5.12. The lowest BCUT2D eigenvalue weighted by Crippen LogP contribution is -2.50. The Bertz CT molecular complexity index is 3110. The van der Waals surface area contributed by atoms with Gasteiger partial charge in [-0.15, -0.1) is 0 Å². The number of hydrogen-bond donors (Lipinski definition) is 4. The number of hydrogen-bond acceptors (Lipinski definition) is 8. The molecule has 15 nitrogen and oxygen atoms in total. The minimum Gasteiger partial charge on any atom is -0.494 e. The maximum Gasteiger partial charge on any atom is 0.419 e. The first-order chi connectivity index (χ1) is 35.7. The number of aryl methyl sites for hydroxylation is 2. The summed E-state index contributed by atoms with van der Waals surface area (Å²) in [6, 6.07) is 16.3. The third-order valence-corrected chi connectivity index (χ3v) is 13.0. The maximum absolute atomic E-state index is 14.5. The topological polar surface area (TPSA) is 189 Å². The van der Waals surface area contributed by atoms with Gasteiger partial charge in [-0.2, -0.15) is 36.9 Å². The number of aromatic hydroxyl groups is 2. The lowest BCUT2D eigenvalue weighted by molar-refractivity contribution is -0.903. The fourth-order valence-corrected chi connectivity index (χ4v) is 9.54. The maximum atomic E-state index is 14.5. The Morgan fingerprint density at radius 3 is 1.38 bits per heavy atom. The molecule has 396 valence electrons. The highest BCUT2D eigenvalue weighted by Crippen LogP contribution is 2.48. The molecule has 4 aromatic carbocycles. The van der Waals surface area contributed by atoms with Crippen LogP contribution in [0.3, 0.4) is 0 Å². The van der Waals surface area contributed by atoms with Gasteiger partial charge in [-0.05, 0) is 92.6 Å². The number of nitrogens with zero attached hydrogens (tertiary/aromatic N) is 7. The molecule has 2 aliphatic heterocycles. The molecule has 0 saturated carbocycles. The molecule has 4 heterocycles. The Hall–Kier alpha value is -8.57. The molecule has 4 amide bonds. The van der Waals surface area contributed by atoms with Crippen molar-refractivity contribution in [2.75, 3.05) is 36.5 Å². The van der Waals surface area contributed by atoms with Gasteiger partial charge in [0.25, 0.3) is 0 Å². The number of halogens is 8. The highest BCUT2D eigenvalue weighted by molar-refractivity contribution is 6.04. The molecule has 2 unspecified atom stereocenters. The number of carbonyl (C=O) groups excluding carboxylic acids is 3. The van der Waals surface area contributed by atoms with E-state index in [1.54, 1.807) is 52.1 Å². The zero-order chi connectivity index (χ0) is 55.2. The number of benzene rings is 4. The van der Waals surface area contributed by atoms with E-state index in [0.29, 0.717) is 46.5 Å². The van der Waals surface area contributed by atoms with E-state index in [2.05, 4.69) is 10.6 Å². The van der Waals surface area contributed by atoms with E-state index in [4.69, 9.17) is 4.74 Å². The van der Waals surface area contributed by atoms with Crippen molar-refractivity contribution in [3.8, 4) is 23.9 Å². The number of carbonyl (C=O) groups is 3. The molecule has 6 aromatic rings. The van der Waals surface area contributed by atoms with Crippen LogP contribution in [0.25, 0.3) is 0 Å². The fraction of sp³-hybridized carbons (Fsp3) is 0.302. The Morgan fingerprint density at radius 2 is 1.04 bits per heavy atom. The number of urea groups is 2. The van der Waals surface area contributed by atoms with E-state index < -0.39 is 70.8 Å². The predicted octanol–water partition coefficient (Wildman–Crippen LogP) is 10.9. The summed E-state index contributed by atoms with van der Waals surface area (Å²) in [5, 5.41) is 48.0. The van der Waals surface area contributed by atoms with E-state index >= 15 is 0 Å². The molecule has 0 bridgehead atoms. The number of likely N-dealkylation sites (N-methyl/N-ethyl adjacent to an activating group) is 1. The number of fused-ring (bicyclic) bond motifs is 2. The summed E-state index contributed by atoms with van der Waals surface area (Å²) in [7, 11) is 1.76. The highest BCUT2D eigenvalue weighted by atomic mass is 19.4. The molecule has 0 aliphatic carbocycles. The van der Waals surface area contributed by atoms with E-state index in [9.17, 15) is 70.2 Å². The van der Waals surface area contributed by atoms with Crippen LogP contribution in [0.5, 0.6) is 11.8 Å². The Morgan fingerprint density at radius 1 is 0.658 bits per heavy atom. The normalized spacial score (nSPS) is 16.4. The third-order valence-electron chi connectivity index (χ3n) is 13.0. The van der Waals surface area contributed by atoms with Gasteiger partial charge in [0.2, 0.25) is 0 Å². The van der Waals surface area contributed by atoms with Gasteiger partial charge >= 0.3 is 30.4 Å². The number of quaternary nitrogens is 1. The van der Waals surface area contributed by atoms with Gasteiger partial charge in [-0.25, -0.2) is 23.2 Å². The second kappa shape index (κ2) is 20.3. The van der Waals surface area contributed by atoms with Crippen molar-refractivity contribution in [1.82, 2.24) is 19.8 Å². The summed E-state index contributed by atoms with van der Waals surface area (Å²) in [6.07, 6.45) is -7.06. The van der Waals surface area contributed by atoms with Gasteiger partial charge in [0, 0.05) is 38.3 Å². The van der Waals surface area contributed by atoms with Gasteiger partial charge in [-0.3, -0.25) is 9.80 Å². The number of nitrogens with one attached hydrogen (secondary N) is 2. The van der Waals surface area contributed by atoms with Crippen LogP contribution in [-0.4, -0.2) is 74.1 Å². The van der Waals surface area contributed by atoms with Gasteiger partial charge in [0.1, 0.15) is 17.2 Å². The van der Waals surface area contributed by atoms with Crippen LogP contribution in [0, 0.1) is 34.3 Å². The van der Waals surface area contributed by atoms with Crippen LogP contribution in [0.2, 0.25) is 0 Å². The standard InChI is InChI=1S/C53H47F8N9O6/c1-51(2,3)76-42(71)29-70(4,21-5-19-66-27-40-43(47(66)72)45(32-11-7-30(25-62)8-12-32)64-49(74)68(40)34-15-17-38(54)36(23-34)52(56,57)58)22-6-20-67-28-41-44(48(67)73)46(33-13-9-31(26-63)10-14-33)65-50(75)69(41)35-16-18-39(55)37(24-35)53(59,60)61/h7-18,23-24,27-28,45-46H,5-6,19-22,29H2,1-4H3,(H3-,64,65,72,73,74,75)/p+1. The van der Waals surface area contributed by atoms with E-state index in [1.807, 2.05) is 12.1 Å². The largest absolute Gasteiger partial charge is 0.494 e. The van der Waals surface area contributed by atoms with Crippen molar-refractivity contribution in [3.63, 3.8) is 0 Å². The zero-order valence-corrected chi connectivity index (χ0v) is 41.0. The van der Waals surface area contributed by atoms with Crippen LogP contribution >= 0.6 is 0 Å². The first kappa shape index (κ1) is 53.7. The first-order valence-electron chi connectivity index (χ1n) is 23.5. The summed E-state index contributed by atoms with van der Waals surface area (Å²) in [5.41, 5.74) is -3.30. The van der Waals surface area contributed by atoms with Gasteiger partial charge in [0.15, 0.2) is 18.3 Å². The summed E-state index contributed by atoms with van der Waals surface area (Å²) in [6.45, 7) is 5.33. The quantitative estimate of drug-likeness (QED) is 0.0471. The summed E-state index contributed by atoms with van der Waals surface area (Å²) in [5.74, 6) is -4.46. The molecule has 0 radical (unpaired) electrons. The highest BCUT2D eigenvalue weighted by Gasteiger charge is 2.42. The smallest absolute Gasteiger partial charge is 0.419 e. The van der Waals surface area contributed by atoms with Crippen molar-refractivity contribution < 1.29 is 68.9 Å². The van der Waals surface area contributed by atoms with Crippen molar-refractivity contribution in [1.29, 1.82) is 10.5 Å². The number of anilines is 4. The van der Waals surface area contributed by atoms with Crippen molar-refractivity contribution in [2.24, 2.45) is 0 Å². The molecule has 2 atom stereocenters. The SMILES string of the molecule is CC(C)(C)OC(=O)C[N+](C)(CCCn1cc2c(c1O)C(c1ccc(C#N)cc1)NC(=O)N2c1ccc(F)c(C(F)(F)F)c1)CCCn1cc2c(c1O)C(c1ccc(C#N)cc1)NC(=O)N2c1ccc(F)c(C(F)(F)F)c1. The van der Waals surface area contributed by atoms with E-state index in [0.717, 1.165) is 21.9 Å². The molecular formula is C53H48F8N9O6+. The molecular weight excluding hydrogens is 1010 g/mol. The number of aromatic nitrogens is 2. The molecule has 2 aliphatic rings. The van der Waals surface area contributed by atoms with E-state index in [1.165, 1.54) is 45.8 Å². The predicted molar refractivity (Wildman–Crippen MR) is 258 cm³/mol. The van der Waals surface area contributed by atoms with Crippen molar-refractivity contribution in [3.05, 3.63) is 153 Å². The number of amides is 4. The van der Waals surface area contributed by atoms with Gasteiger partial charge < -0.3 is 39.2 Å². The molecule has 0 fully saturated rings. The van der Waals surface area contributed by atoms with Crippen LogP contribution in [0.4, 0.5) is 67.5 Å². The zero-order valence-electron chi connectivity index (χ0n) is 41.0. The van der Waals surface area contributed by atoms with Crippen LogP contribution in [0.1, 0.15) is 90.2 Å². The second-order valence-corrected chi connectivity index (χ2v) is 19.6. The van der Waals surface area contributed by atoms with Crippen molar-refractivity contribution in [2.45, 2.75) is 76.7 Å². The average Bonchev–Trinajstić information content (AvgIpc) is 3.86. The summed E-state index contributed by atoms with van der Waals surface area (Å²) < 4.78 is 121. The lowest BCUT2D eigenvalue weighted by atomic mass is 9.96. The molecule has 23 heteroatoms. The fourth-order valence-electron chi connectivity index (χ4n) is 9.54. The van der Waals surface area contributed by atoms with Crippen LogP contribution in [0.15, 0.2) is 97.3 Å². The molecule has 4 N–H and O–H groups in total. The number of rotatable bonds is 14. The third kappa shape index (κ3) is 11.0. The Balaban J connectivity index is 1.10. The Labute approximate surface area is 429 Å². The van der Waals surface area contributed by atoms with E-state index in [-0.39, 0.29) is 95.7 Å². The summed E-state index contributed by atoms with van der Waals surface area (Å²) in [4.78, 5) is 43.0. The minimum absolute atomic E-state index is 0.00986. The second-order valence-electron chi connectivity index (χ2n) is 19.6. The number of ether oxygens (including phenoxy) is 1. The monoisotopic (exact) mass is 1060 g/mol. The van der Waals surface area contributed by atoms with Crippen LogP contribution < -0.4 is 20.4 Å². The number of esters is 1. The molecule has 0 saturated heterocycles. The molecule has 8 rings (SSSR count). The average molecular weight is 1060 g/mol. The molecule has 0 spiro atoms. The lowest BCUT2D eigenvalue weighted by Gasteiger charge is -2.35. The molecule has 76 heavy (non-hydrogen) atoms. The Kier molecular flexibility index (Phi) is 14.3. The van der Waals surface area contributed by atoms with Crippen molar-refractivity contribution >= 4 is 40.8 Å². The van der Waals surface area contributed by atoms with Crippen LogP contribution in [-0.2, 0) is 35.0 Å². The summed E-state index contributed by atoms with van der Waals surface area (Å²) >= 11 is 0.